The Bertz CT molecular complexity index is 1170. The van der Waals surface area contributed by atoms with E-state index < -0.39 is 0 Å². The Morgan fingerprint density at radius 3 is 2.76 bits per heavy atom. The number of tetrazole rings is 1. The summed E-state index contributed by atoms with van der Waals surface area (Å²) in [4.78, 5) is 12.1. The molecule has 1 heterocycles. The quantitative estimate of drug-likeness (QED) is 0.406. The number of carbonyl (C=O) groups excluding carboxylic acids is 1. The van der Waals surface area contributed by atoms with E-state index in [-0.39, 0.29) is 12.5 Å². The molecule has 0 aliphatic rings. The third-order valence-corrected chi connectivity index (χ3v) is 4.32. The minimum atomic E-state index is -0.339. The first-order chi connectivity index (χ1) is 14.2. The highest BCUT2D eigenvalue weighted by molar-refractivity contribution is 5.99. The minimum Gasteiger partial charge on any atom is -0.484 e. The molecular formula is C21H18N6O2. The fourth-order valence-electron chi connectivity index (χ4n) is 2.80. The third-order valence-electron chi connectivity index (χ3n) is 4.32. The minimum absolute atomic E-state index is 0.125. The lowest BCUT2D eigenvalue weighted by Gasteiger charge is -2.07. The number of ether oxygens (including phenoxy) is 1. The molecule has 0 fully saturated rings. The molecule has 144 valence electrons. The van der Waals surface area contributed by atoms with Crippen LogP contribution in [0.5, 0.6) is 5.75 Å². The van der Waals surface area contributed by atoms with Gasteiger partial charge >= 0.3 is 0 Å². The van der Waals surface area contributed by atoms with E-state index in [0.29, 0.717) is 11.5 Å². The second-order valence-electron chi connectivity index (χ2n) is 6.33. The monoisotopic (exact) mass is 386 g/mol. The van der Waals surface area contributed by atoms with Crippen LogP contribution in [0.2, 0.25) is 0 Å². The van der Waals surface area contributed by atoms with Crippen molar-refractivity contribution in [1.82, 2.24) is 25.6 Å². The van der Waals surface area contributed by atoms with Gasteiger partial charge in [0.1, 0.15) is 12.1 Å². The fraction of sp³-hybridized carbons (Fsp3) is 0.0952. The molecule has 0 spiro atoms. The molecule has 1 amide bonds. The maximum absolute atomic E-state index is 12.1. The van der Waals surface area contributed by atoms with Crippen LogP contribution in [0.3, 0.4) is 0 Å². The van der Waals surface area contributed by atoms with Gasteiger partial charge in [-0.1, -0.05) is 42.5 Å². The lowest BCUT2D eigenvalue weighted by Crippen LogP contribution is -2.25. The summed E-state index contributed by atoms with van der Waals surface area (Å²) < 4.78 is 7.12. The van der Waals surface area contributed by atoms with E-state index in [4.69, 9.17) is 4.74 Å². The zero-order valence-corrected chi connectivity index (χ0v) is 15.7. The molecule has 0 aliphatic carbocycles. The predicted octanol–water partition coefficient (Wildman–Crippen LogP) is 2.73. The number of hydrogen-bond acceptors (Lipinski definition) is 6. The van der Waals surface area contributed by atoms with Crippen LogP contribution in [0.4, 0.5) is 0 Å². The van der Waals surface area contributed by atoms with Crippen LogP contribution in [0.1, 0.15) is 12.5 Å². The molecule has 8 heteroatoms. The van der Waals surface area contributed by atoms with Crippen LogP contribution in [-0.4, -0.2) is 38.4 Å². The van der Waals surface area contributed by atoms with Crippen LogP contribution < -0.4 is 10.2 Å². The van der Waals surface area contributed by atoms with Gasteiger partial charge in [0.2, 0.25) is 0 Å². The summed E-state index contributed by atoms with van der Waals surface area (Å²) >= 11 is 0. The van der Waals surface area contributed by atoms with Crippen LogP contribution >= 0.6 is 0 Å². The van der Waals surface area contributed by atoms with Gasteiger partial charge < -0.3 is 4.74 Å². The lowest BCUT2D eigenvalue weighted by atomic mass is 10.1. The molecule has 1 aromatic heterocycles. The molecule has 0 aliphatic heterocycles. The topological polar surface area (TPSA) is 94.3 Å². The molecule has 0 unspecified atom stereocenters. The Morgan fingerprint density at radius 2 is 1.93 bits per heavy atom. The van der Waals surface area contributed by atoms with E-state index >= 15 is 0 Å². The van der Waals surface area contributed by atoms with Crippen molar-refractivity contribution < 1.29 is 9.53 Å². The number of nitrogens with one attached hydrogen (secondary N) is 1. The molecule has 0 bridgehead atoms. The maximum atomic E-state index is 12.1. The average Bonchev–Trinajstić information content (AvgIpc) is 3.31. The number of aromatic nitrogens is 4. The van der Waals surface area contributed by atoms with Gasteiger partial charge in [0.25, 0.3) is 5.91 Å². The Hall–Kier alpha value is -4.07. The molecule has 4 rings (SSSR count). The van der Waals surface area contributed by atoms with Gasteiger partial charge in [-0.2, -0.15) is 5.10 Å². The summed E-state index contributed by atoms with van der Waals surface area (Å²) in [5.74, 6) is 0.294. The Kier molecular flexibility index (Phi) is 5.24. The molecule has 1 N–H and O–H groups in total. The highest BCUT2D eigenvalue weighted by Gasteiger charge is 2.05. The van der Waals surface area contributed by atoms with Gasteiger partial charge in [0, 0.05) is 0 Å². The molecule has 3 aromatic carbocycles. The van der Waals surface area contributed by atoms with Crippen molar-refractivity contribution >= 4 is 22.4 Å². The van der Waals surface area contributed by atoms with E-state index in [1.165, 1.54) is 6.33 Å². The number of benzene rings is 3. The summed E-state index contributed by atoms with van der Waals surface area (Å²) in [6.45, 7) is 1.68. The highest BCUT2D eigenvalue weighted by atomic mass is 16.5. The summed E-state index contributed by atoms with van der Waals surface area (Å²) in [6.07, 6.45) is 1.51. The number of fused-ring (bicyclic) bond motifs is 1. The molecule has 4 aromatic rings. The van der Waals surface area contributed by atoms with Gasteiger partial charge in [-0.15, -0.1) is 5.10 Å². The first-order valence-corrected chi connectivity index (χ1v) is 8.97. The van der Waals surface area contributed by atoms with Crippen molar-refractivity contribution in [1.29, 1.82) is 0 Å². The van der Waals surface area contributed by atoms with Crippen molar-refractivity contribution in [3.8, 4) is 11.4 Å². The second kappa shape index (κ2) is 8.30. The van der Waals surface area contributed by atoms with Crippen LogP contribution in [0, 0.1) is 0 Å². The number of rotatable bonds is 6. The Balaban J connectivity index is 1.36. The largest absolute Gasteiger partial charge is 0.484 e. The second-order valence-corrected chi connectivity index (χ2v) is 6.33. The van der Waals surface area contributed by atoms with E-state index in [9.17, 15) is 4.79 Å². The number of carbonyl (C=O) groups is 1. The molecule has 0 radical (unpaired) electrons. The smallest absolute Gasteiger partial charge is 0.277 e. The van der Waals surface area contributed by atoms with Crippen molar-refractivity contribution in [3.05, 3.63) is 78.6 Å². The fourth-order valence-corrected chi connectivity index (χ4v) is 2.80. The van der Waals surface area contributed by atoms with E-state index in [1.807, 2.05) is 73.7 Å². The van der Waals surface area contributed by atoms with Crippen molar-refractivity contribution in [3.63, 3.8) is 0 Å². The normalized spacial score (nSPS) is 11.4. The van der Waals surface area contributed by atoms with Gasteiger partial charge in [0.05, 0.1) is 11.4 Å². The van der Waals surface area contributed by atoms with E-state index in [0.717, 1.165) is 22.0 Å². The predicted molar refractivity (Wildman–Crippen MR) is 109 cm³/mol. The lowest BCUT2D eigenvalue weighted by molar-refractivity contribution is -0.123. The molecule has 0 atom stereocenters. The number of hydrazone groups is 1. The van der Waals surface area contributed by atoms with Crippen LogP contribution in [0.15, 0.2) is 78.2 Å². The average molecular weight is 386 g/mol. The van der Waals surface area contributed by atoms with Gasteiger partial charge in [0.15, 0.2) is 6.61 Å². The molecule has 8 nitrogen and oxygen atoms in total. The number of amides is 1. The summed E-state index contributed by atoms with van der Waals surface area (Å²) in [6, 6.07) is 21.2. The maximum Gasteiger partial charge on any atom is 0.277 e. The third kappa shape index (κ3) is 4.44. The molecule has 0 saturated carbocycles. The first-order valence-electron chi connectivity index (χ1n) is 8.97. The van der Waals surface area contributed by atoms with Crippen LogP contribution in [-0.2, 0) is 4.79 Å². The summed E-state index contributed by atoms with van der Waals surface area (Å²) in [5.41, 5.74) is 4.81. The standard InChI is InChI=1S/C21H18N6O2/c1-15(17-7-4-8-19(11-17)27-14-22-25-26-27)23-24-21(28)13-29-20-10-9-16-5-2-3-6-18(16)12-20/h2-12,14H,13H2,1H3,(H,24,28)/b23-15+. The van der Waals surface area contributed by atoms with Crippen molar-refractivity contribution in [2.75, 3.05) is 6.61 Å². The molecule has 29 heavy (non-hydrogen) atoms. The summed E-state index contributed by atoms with van der Waals surface area (Å²) in [7, 11) is 0. The van der Waals surface area contributed by atoms with Gasteiger partial charge in [-0.3, -0.25) is 4.79 Å². The number of hydrogen-bond donors (Lipinski definition) is 1. The first kappa shape index (κ1) is 18.3. The highest BCUT2D eigenvalue weighted by Crippen LogP contribution is 2.20. The molecule has 0 saturated heterocycles. The zero-order chi connectivity index (χ0) is 20.1. The van der Waals surface area contributed by atoms with Gasteiger partial charge in [-0.25, -0.2) is 10.1 Å². The van der Waals surface area contributed by atoms with Crippen molar-refractivity contribution in [2.45, 2.75) is 6.92 Å². The summed E-state index contributed by atoms with van der Waals surface area (Å²) in [5, 5.41) is 17.4. The van der Waals surface area contributed by atoms with E-state index in [2.05, 4.69) is 26.1 Å². The van der Waals surface area contributed by atoms with E-state index in [1.54, 1.807) is 4.68 Å². The SMILES string of the molecule is C/C(=N\NC(=O)COc1ccc2ccccc2c1)c1cccc(-n2cnnn2)c1. The number of nitrogens with zero attached hydrogens (tertiary/aromatic N) is 5. The van der Waals surface area contributed by atoms with Crippen molar-refractivity contribution in [2.24, 2.45) is 5.10 Å². The Morgan fingerprint density at radius 1 is 1.07 bits per heavy atom. The van der Waals surface area contributed by atoms with Gasteiger partial charge in [-0.05, 0) is 58.0 Å². The zero-order valence-electron chi connectivity index (χ0n) is 15.7. The Labute approximate surface area is 166 Å². The molecular weight excluding hydrogens is 368 g/mol. The van der Waals surface area contributed by atoms with Crippen LogP contribution in [0.25, 0.3) is 16.5 Å².